The Morgan fingerprint density at radius 2 is 2.41 bits per heavy atom. The van der Waals surface area contributed by atoms with Crippen LogP contribution in [0.4, 0.5) is 0 Å². The van der Waals surface area contributed by atoms with Crippen LogP contribution in [0.5, 0.6) is 0 Å². The molecule has 0 aromatic carbocycles. The number of H-pyrrole nitrogens is 1. The van der Waals surface area contributed by atoms with E-state index in [9.17, 15) is 4.79 Å². The topological polar surface area (TPSA) is 92.3 Å². The highest BCUT2D eigenvalue weighted by Gasteiger charge is 2.25. The van der Waals surface area contributed by atoms with Crippen LogP contribution < -0.4 is 5.56 Å². The molecule has 3 aromatic heterocycles. The summed E-state index contributed by atoms with van der Waals surface area (Å²) in [5, 5.41) is 6.53. The molecule has 114 valence electrons. The molecule has 1 saturated heterocycles. The zero-order chi connectivity index (χ0) is 14.9. The Morgan fingerprint density at radius 1 is 1.45 bits per heavy atom. The number of likely N-dealkylation sites (tertiary alicyclic amines) is 1. The lowest BCUT2D eigenvalue weighted by atomic mass is 9.98. The highest BCUT2D eigenvalue weighted by molar-refractivity contribution is 5.36. The number of nitrogens with one attached hydrogen (secondary N) is 1. The average Bonchev–Trinajstić information content (AvgIpc) is 3.19. The number of hydrogen-bond donors (Lipinski definition) is 1. The van der Waals surface area contributed by atoms with E-state index < -0.39 is 0 Å². The first-order valence-electron chi connectivity index (χ1n) is 7.34. The predicted molar refractivity (Wildman–Crippen MR) is 77.4 cm³/mol. The summed E-state index contributed by atoms with van der Waals surface area (Å²) in [5.74, 6) is 0.951. The Morgan fingerprint density at radius 3 is 3.27 bits per heavy atom. The van der Waals surface area contributed by atoms with E-state index in [1.165, 1.54) is 10.8 Å². The van der Waals surface area contributed by atoms with Gasteiger partial charge >= 0.3 is 0 Å². The zero-order valence-electron chi connectivity index (χ0n) is 12.0. The summed E-state index contributed by atoms with van der Waals surface area (Å²) in [6, 6.07) is 3.38. The van der Waals surface area contributed by atoms with Crippen LogP contribution in [0.25, 0.3) is 5.65 Å². The molecule has 0 aliphatic carbocycles. The van der Waals surface area contributed by atoms with Crippen molar-refractivity contribution in [2.45, 2.75) is 25.3 Å². The predicted octanol–water partition coefficient (Wildman–Crippen LogP) is 0.785. The van der Waals surface area contributed by atoms with Crippen molar-refractivity contribution in [3.05, 3.63) is 46.6 Å². The summed E-state index contributed by atoms with van der Waals surface area (Å²) < 4.78 is 6.61. The fourth-order valence-corrected chi connectivity index (χ4v) is 3.05. The largest absolute Gasteiger partial charge is 0.339 e. The monoisotopic (exact) mass is 300 g/mol. The minimum atomic E-state index is -0.0875. The third-order valence-electron chi connectivity index (χ3n) is 4.05. The van der Waals surface area contributed by atoms with Gasteiger partial charge in [-0.2, -0.15) is 4.98 Å². The van der Waals surface area contributed by atoms with Gasteiger partial charge in [0.15, 0.2) is 12.0 Å². The summed E-state index contributed by atoms with van der Waals surface area (Å²) in [5.41, 5.74) is 1.35. The van der Waals surface area contributed by atoms with E-state index in [1.807, 2.05) is 0 Å². The molecule has 1 unspecified atom stereocenters. The van der Waals surface area contributed by atoms with Crippen LogP contribution in [0.2, 0.25) is 0 Å². The van der Waals surface area contributed by atoms with Gasteiger partial charge in [-0.05, 0) is 19.4 Å². The summed E-state index contributed by atoms with van der Waals surface area (Å²) in [6.07, 6.45) is 5.26. The number of fused-ring (bicyclic) bond motifs is 1. The minimum absolute atomic E-state index is 0.0875. The maximum Gasteiger partial charge on any atom is 0.272 e. The Hall–Kier alpha value is -2.48. The molecule has 22 heavy (non-hydrogen) atoms. The minimum Gasteiger partial charge on any atom is -0.339 e. The quantitative estimate of drug-likeness (QED) is 0.768. The lowest BCUT2D eigenvalue weighted by molar-refractivity contribution is 0.178. The van der Waals surface area contributed by atoms with Crippen molar-refractivity contribution in [3.63, 3.8) is 0 Å². The van der Waals surface area contributed by atoms with Crippen molar-refractivity contribution in [1.82, 2.24) is 29.6 Å². The van der Waals surface area contributed by atoms with Crippen LogP contribution in [0.1, 0.15) is 30.3 Å². The number of aromatic amines is 1. The van der Waals surface area contributed by atoms with Crippen LogP contribution in [-0.2, 0) is 6.54 Å². The van der Waals surface area contributed by atoms with Crippen LogP contribution in [0, 0.1) is 0 Å². The normalized spacial score (nSPS) is 19.7. The Labute approximate surface area is 125 Å². The molecule has 1 N–H and O–H groups in total. The number of nitrogens with zero attached hydrogens (tertiary/aromatic N) is 5. The molecule has 0 spiro atoms. The maximum absolute atomic E-state index is 12.0. The third-order valence-corrected chi connectivity index (χ3v) is 4.05. The molecule has 0 amide bonds. The second-order valence-electron chi connectivity index (χ2n) is 5.60. The summed E-state index contributed by atoms with van der Waals surface area (Å²) in [6.45, 7) is 2.48. The molecule has 4 heterocycles. The van der Waals surface area contributed by atoms with Gasteiger partial charge < -0.3 is 4.52 Å². The first-order valence-corrected chi connectivity index (χ1v) is 7.34. The van der Waals surface area contributed by atoms with Gasteiger partial charge in [0, 0.05) is 31.4 Å². The zero-order valence-corrected chi connectivity index (χ0v) is 12.0. The van der Waals surface area contributed by atoms with Crippen LogP contribution in [0.15, 0.2) is 34.0 Å². The summed E-state index contributed by atoms with van der Waals surface area (Å²) in [7, 11) is 0. The van der Waals surface area contributed by atoms with Gasteiger partial charge in [0.2, 0.25) is 5.89 Å². The highest BCUT2D eigenvalue weighted by atomic mass is 16.5. The van der Waals surface area contributed by atoms with E-state index in [0.717, 1.165) is 31.6 Å². The van der Waals surface area contributed by atoms with E-state index in [1.54, 1.807) is 18.3 Å². The smallest absolute Gasteiger partial charge is 0.272 e. The van der Waals surface area contributed by atoms with Crippen molar-refractivity contribution < 1.29 is 4.52 Å². The first-order chi connectivity index (χ1) is 10.8. The van der Waals surface area contributed by atoms with Crippen molar-refractivity contribution >= 4 is 5.65 Å². The highest BCUT2D eigenvalue weighted by Crippen LogP contribution is 2.25. The molecule has 1 aliphatic heterocycles. The van der Waals surface area contributed by atoms with E-state index in [4.69, 9.17) is 4.52 Å². The number of rotatable bonds is 3. The third kappa shape index (κ3) is 2.41. The second-order valence-corrected chi connectivity index (χ2v) is 5.60. The Kier molecular flexibility index (Phi) is 3.23. The van der Waals surface area contributed by atoms with Crippen LogP contribution in [-0.4, -0.2) is 42.7 Å². The molecule has 0 bridgehead atoms. The Balaban J connectivity index is 1.53. The Bertz CT molecular complexity index is 821. The fraction of sp³-hybridized carbons (Fsp3) is 0.429. The molecule has 1 atom stereocenters. The molecular weight excluding hydrogens is 284 g/mol. The van der Waals surface area contributed by atoms with Crippen molar-refractivity contribution in [3.8, 4) is 0 Å². The van der Waals surface area contributed by atoms with Gasteiger partial charge in [-0.1, -0.05) is 5.16 Å². The van der Waals surface area contributed by atoms with Crippen molar-refractivity contribution in [2.24, 2.45) is 0 Å². The van der Waals surface area contributed by atoms with Gasteiger partial charge in [-0.15, -0.1) is 0 Å². The van der Waals surface area contributed by atoms with Gasteiger partial charge in [-0.25, -0.2) is 9.50 Å². The lowest BCUT2D eigenvalue weighted by Crippen LogP contribution is -2.34. The fourth-order valence-electron chi connectivity index (χ4n) is 3.05. The van der Waals surface area contributed by atoms with E-state index in [0.29, 0.717) is 18.1 Å². The number of aromatic nitrogens is 5. The number of piperidine rings is 1. The first kappa shape index (κ1) is 13.2. The standard InChI is InChI=1S/C14H16N6O2/c21-13-6-11(18-12-3-4-16-20(12)13)8-19-5-1-2-10(7-19)14-15-9-17-22-14/h3-4,6,9-10,16H,1-2,5,7-8H2. The number of hydrogen-bond acceptors (Lipinski definition) is 6. The maximum atomic E-state index is 12.0. The van der Waals surface area contributed by atoms with Gasteiger partial charge in [-0.3, -0.25) is 14.8 Å². The molecule has 1 aliphatic rings. The molecular formula is C14H16N6O2. The molecule has 1 fully saturated rings. The molecule has 0 radical (unpaired) electrons. The molecule has 8 nitrogen and oxygen atoms in total. The second kappa shape index (κ2) is 5.38. The van der Waals surface area contributed by atoms with E-state index >= 15 is 0 Å². The van der Waals surface area contributed by atoms with Crippen molar-refractivity contribution in [1.29, 1.82) is 0 Å². The van der Waals surface area contributed by atoms with Crippen LogP contribution >= 0.6 is 0 Å². The SMILES string of the molecule is O=c1cc(CN2CCCC(c3ncno3)C2)nc2cc[nH]n12. The van der Waals surface area contributed by atoms with Gasteiger partial charge in [0.05, 0.1) is 11.6 Å². The average molecular weight is 300 g/mol. The van der Waals surface area contributed by atoms with Crippen LogP contribution in [0.3, 0.4) is 0 Å². The van der Waals surface area contributed by atoms with Gasteiger partial charge in [0.1, 0.15) is 0 Å². The van der Waals surface area contributed by atoms with Gasteiger partial charge in [0.25, 0.3) is 5.56 Å². The van der Waals surface area contributed by atoms with Crippen molar-refractivity contribution in [2.75, 3.05) is 13.1 Å². The lowest BCUT2D eigenvalue weighted by Gasteiger charge is -2.30. The summed E-state index contributed by atoms with van der Waals surface area (Å²) >= 11 is 0. The molecule has 0 saturated carbocycles. The molecule has 8 heteroatoms. The molecule has 4 rings (SSSR count). The summed E-state index contributed by atoms with van der Waals surface area (Å²) in [4.78, 5) is 22.9. The molecule has 3 aromatic rings. The van der Waals surface area contributed by atoms with E-state index in [2.05, 4.69) is 25.1 Å². The van der Waals surface area contributed by atoms with E-state index in [-0.39, 0.29) is 11.5 Å².